The van der Waals surface area contributed by atoms with Crippen LogP contribution in [0.15, 0.2) is 36.7 Å². The molecule has 3 aliphatic rings. The van der Waals surface area contributed by atoms with Gasteiger partial charge < -0.3 is 9.64 Å². The first kappa shape index (κ1) is 23.7. The lowest BCUT2D eigenvalue weighted by atomic mass is 9.81. The van der Waals surface area contributed by atoms with Crippen molar-refractivity contribution >= 4 is 11.6 Å². The number of tetrazole rings is 1. The van der Waals surface area contributed by atoms with E-state index in [1.807, 2.05) is 11.0 Å². The van der Waals surface area contributed by atoms with Gasteiger partial charge in [0.05, 0.1) is 36.9 Å². The summed E-state index contributed by atoms with van der Waals surface area (Å²) in [6.07, 6.45) is 4.13. The Labute approximate surface area is 214 Å². The molecule has 3 heterocycles. The van der Waals surface area contributed by atoms with Crippen LogP contribution in [0, 0.1) is 19.3 Å². The van der Waals surface area contributed by atoms with Gasteiger partial charge in [-0.2, -0.15) is 0 Å². The van der Waals surface area contributed by atoms with Gasteiger partial charge in [-0.05, 0) is 77.1 Å². The van der Waals surface area contributed by atoms with Gasteiger partial charge in [-0.15, -0.1) is 5.10 Å². The summed E-state index contributed by atoms with van der Waals surface area (Å²) in [6.45, 7) is 12.3. The zero-order chi connectivity index (χ0) is 25.5. The number of ether oxygens (including phenoxy) is 1. The molecule has 9 nitrogen and oxygen atoms in total. The van der Waals surface area contributed by atoms with Crippen molar-refractivity contribution in [3.8, 4) is 5.69 Å². The third kappa shape index (κ3) is 4.28. The molecule has 1 amide bonds. The third-order valence-electron chi connectivity index (χ3n) is 8.04. The van der Waals surface area contributed by atoms with E-state index in [1.54, 1.807) is 24.0 Å². The number of rotatable bonds is 3. The molecule has 190 valence electrons. The molecule has 0 bridgehead atoms. The Kier molecular flexibility index (Phi) is 6.18. The molecule has 1 unspecified atom stereocenters. The first-order valence-electron chi connectivity index (χ1n) is 12.7. The number of halogens is 1. The molecule has 2 aromatic carbocycles. The van der Waals surface area contributed by atoms with E-state index in [-0.39, 0.29) is 29.7 Å². The Bertz CT molecular complexity index is 1370. The van der Waals surface area contributed by atoms with Gasteiger partial charge in [0.1, 0.15) is 12.1 Å². The van der Waals surface area contributed by atoms with Gasteiger partial charge >= 0.3 is 0 Å². The lowest BCUT2D eigenvalue weighted by molar-refractivity contribution is -0.142. The predicted molar refractivity (Wildman–Crippen MR) is 133 cm³/mol. The fraction of sp³-hybridized carbons (Fsp3) is 0.444. The molecule has 0 radical (unpaired) electrons. The molecular formula is C27H28FN7O2. The van der Waals surface area contributed by atoms with Crippen molar-refractivity contribution in [3.63, 3.8) is 0 Å². The van der Waals surface area contributed by atoms with Gasteiger partial charge in [0.25, 0.3) is 0 Å². The van der Waals surface area contributed by atoms with E-state index in [1.165, 1.54) is 11.6 Å². The number of hydrogen-bond acceptors (Lipinski definition) is 6. The van der Waals surface area contributed by atoms with Crippen LogP contribution in [0.2, 0.25) is 0 Å². The Morgan fingerprint density at radius 1 is 1.19 bits per heavy atom. The van der Waals surface area contributed by atoms with Crippen LogP contribution in [-0.4, -0.2) is 74.7 Å². The summed E-state index contributed by atoms with van der Waals surface area (Å²) < 4.78 is 21.8. The summed E-state index contributed by atoms with van der Waals surface area (Å²) >= 11 is 0. The summed E-state index contributed by atoms with van der Waals surface area (Å²) in [5, 5.41) is 11.4. The Morgan fingerprint density at radius 2 is 2.05 bits per heavy atom. The zero-order valence-corrected chi connectivity index (χ0v) is 20.7. The molecule has 3 atom stereocenters. The van der Waals surface area contributed by atoms with Gasteiger partial charge in [-0.3, -0.25) is 9.69 Å². The molecule has 2 aliphatic heterocycles. The number of piperazine rings is 1. The SMILES string of the molecule is [C-]#[N+]c1c(F)ccc([C@@H]2CN3CCN(C(=O)C4CCCc5cc(-n6cnnn6)ccc54)C[C@@H]3CO2)c1C. The Hall–Kier alpha value is -3.68. The number of morpholine rings is 1. The first-order chi connectivity index (χ1) is 18.0. The summed E-state index contributed by atoms with van der Waals surface area (Å²) in [7, 11) is 0. The van der Waals surface area contributed by atoms with Crippen LogP contribution >= 0.6 is 0 Å². The van der Waals surface area contributed by atoms with Crippen LogP contribution in [0.4, 0.5) is 10.1 Å². The fourth-order valence-electron chi connectivity index (χ4n) is 6.04. The van der Waals surface area contributed by atoms with Crippen molar-refractivity contribution in [3.05, 3.63) is 76.1 Å². The van der Waals surface area contributed by atoms with Crippen molar-refractivity contribution in [2.24, 2.45) is 0 Å². The molecule has 2 saturated heterocycles. The Balaban J connectivity index is 1.14. The van der Waals surface area contributed by atoms with E-state index >= 15 is 0 Å². The van der Waals surface area contributed by atoms with Crippen molar-refractivity contribution < 1.29 is 13.9 Å². The molecule has 2 fully saturated rings. The highest BCUT2D eigenvalue weighted by molar-refractivity contribution is 5.84. The number of aryl methyl sites for hydroxylation is 1. The standard InChI is InChI=1S/C27H28FN7O2/c1-17-21(8-9-24(28)26(17)29-2)25-14-33-10-11-34(13-20(33)15-37-25)27(36)23-5-3-4-18-12-19(6-7-22(18)23)35-16-30-31-32-35/h6-9,12,16,20,23,25H,3-5,10-11,13-15H2,1H3/t20-,23?,25+/m1/s1. The van der Waals surface area contributed by atoms with Crippen molar-refractivity contribution in [2.75, 3.05) is 32.8 Å². The molecule has 1 aromatic heterocycles. The molecule has 0 spiro atoms. The minimum Gasteiger partial charge on any atom is -0.371 e. The van der Waals surface area contributed by atoms with Gasteiger partial charge in [-0.25, -0.2) is 13.9 Å². The van der Waals surface area contributed by atoms with E-state index in [9.17, 15) is 9.18 Å². The average Bonchev–Trinajstić information content (AvgIpc) is 3.47. The summed E-state index contributed by atoms with van der Waals surface area (Å²) in [5.41, 5.74) is 4.78. The van der Waals surface area contributed by atoms with Gasteiger partial charge in [0.15, 0.2) is 0 Å². The van der Waals surface area contributed by atoms with Crippen LogP contribution in [0.3, 0.4) is 0 Å². The van der Waals surface area contributed by atoms with Crippen LogP contribution in [0.5, 0.6) is 0 Å². The average molecular weight is 502 g/mol. The maximum atomic E-state index is 14.0. The number of fused-ring (bicyclic) bond motifs is 2. The maximum Gasteiger partial charge on any atom is 0.230 e. The molecule has 10 heteroatoms. The number of hydrogen-bond donors (Lipinski definition) is 0. The monoisotopic (exact) mass is 501 g/mol. The summed E-state index contributed by atoms with van der Waals surface area (Å²) in [4.78, 5) is 21.4. The molecule has 37 heavy (non-hydrogen) atoms. The quantitative estimate of drug-likeness (QED) is 0.512. The molecule has 1 aliphatic carbocycles. The highest BCUT2D eigenvalue weighted by atomic mass is 19.1. The second-order valence-electron chi connectivity index (χ2n) is 10.1. The highest BCUT2D eigenvalue weighted by Gasteiger charge is 2.38. The van der Waals surface area contributed by atoms with Crippen molar-refractivity contribution in [1.82, 2.24) is 30.0 Å². The number of amides is 1. The van der Waals surface area contributed by atoms with Gasteiger partial charge in [0, 0.05) is 26.2 Å². The Morgan fingerprint density at radius 3 is 2.86 bits per heavy atom. The molecule has 0 N–H and O–H groups in total. The van der Waals surface area contributed by atoms with Crippen LogP contribution < -0.4 is 0 Å². The van der Waals surface area contributed by atoms with Gasteiger partial charge in [0.2, 0.25) is 11.6 Å². The molecule has 0 saturated carbocycles. The topological polar surface area (TPSA) is 80.7 Å². The smallest absolute Gasteiger partial charge is 0.230 e. The summed E-state index contributed by atoms with van der Waals surface area (Å²) in [5.74, 6) is -0.439. The summed E-state index contributed by atoms with van der Waals surface area (Å²) in [6, 6.07) is 9.34. The zero-order valence-electron chi connectivity index (χ0n) is 20.7. The van der Waals surface area contributed by atoms with Crippen molar-refractivity contribution in [2.45, 2.75) is 44.2 Å². The highest BCUT2D eigenvalue weighted by Crippen LogP contribution is 2.37. The maximum absolute atomic E-state index is 14.0. The van der Waals surface area contributed by atoms with Crippen LogP contribution in [0.1, 0.15) is 47.1 Å². The lowest BCUT2D eigenvalue weighted by Crippen LogP contribution is -2.60. The number of benzene rings is 2. The van der Waals surface area contributed by atoms with Crippen LogP contribution in [0.25, 0.3) is 10.5 Å². The fourth-order valence-corrected chi connectivity index (χ4v) is 6.04. The van der Waals surface area contributed by atoms with E-state index < -0.39 is 5.82 Å². The van der Waals surface area contributed by atoms with Gasteiger partial charge in [-0.1, -0.05) is 12.1 Å². The second kappa shape index (κ2) is 9.65. The number of carbonyl (C=O) groups excluding carboxylic acids is 1. The minimum atomic E-state index is -0.493. The van der Waals surface area contributed by atoms with E-state index in [0.717, 1.165) is 42.6 Å². The largest absolute Gasteiger partial charge is 0.371 e. The van der Waals surface area contributed by atoms with E-state index in [4.69, 9.17) is 11.3 Å². The number of carbonyl (C=O) groups is 1. The van der Waals surface area contributed by atoms with Crippen LogP contribution in [-0.2, 0) is 16.0 Å². The second-order valence-corrected chi connectivity index (χ2v) is 10.1. The molecule has 6 rings (SSSR count). The third-order valence-corrected chi connectivity index (χ3v) is 8.04. The number of aromatic nitrogens is 4. The number of nitrogens with zero attached hydrogens (tertiary/aromatic N) is 7. The normalized spacial score (nSPS) is 23.7. The van der Waals surface area contributed by atoms with E-state index in [2.05, 4.69) is 37.4 Å². The first-order valence-corrected chi connectivity index (χ1v) is 12.7. The minimum absolute atomic E-state index is 0.0662. The van der Waals surface area contributed by atoms with Crippen molar-refractivity contribution in [1.29, 1.82) is 0 Å². The predicted octanol–water partition coefficient (Wildman–Crippen LogP) is 3.36. The molecule has 3 aromatic rings. The lowest BCUT2D eigenvalue weighted by Gasteiger charge is -2.47. The van der Waals surface area contributed by atoms with E-state index in [0.29, 0.717) is 31.8 Å². The molecular weight excluding hydrogens is 473 g/mol.